The first kappa shape index (κ1) is 18.5. The number of esters is 1. The first-order valence-corrected chi connectivity index (χ1v) is 8.29. The topological polar surface area (TPSA) is 75.6 Å². The monoisotopic (exact) mass is 351 g/mol. The standard InChI is InChI=1S/C18H22ClNO4/c1-10(2)18(23)24-12(7-8-21)9-15-11(3)17(22)13-5-4-6-14(19)16(13)20-15/h4-6,11-12,15,20-21H,1,7-9H2,2-3H3. The summed E-state index contributed by atoms with van der Waals surface area (Å²) in [5, 5.41) is 13.0. The number of benzene rings is 1. The summed E-state index contributed by atoms with van der Waals surface area (Å²) in [7, 11) is 0. The number of carbonyl (C=O) groups excluding carboxylic acids is 2. The van der Waals surface area contributed by atoms with Crippen molar-refractivity contribution < 1.29 is 19.4 Å². The molecule has 0 bridgehead atoms. The third-order valence-corrected chi connectivity index (χ3v) is 4.53. The molecule has 3 atom stereocenters. The van der Waals surface area contributed by atoms with E-state index in [4.69, 9.17) is 16.3 Å². The minimum atomic E-state index is -0.504. The Labute approximate surface area is 146 Å². The van der Waals surface area contributed by atoms with E-state index in [1.165, 1.54) is 0 Å². The summed E-state index contributed by atoms with van der Waals surface area (Å²) in [6, 6.07) is 4.98. The van der Waals surface area contributed by atoms with Crippen LogP contribution in [0.3, 0.4) is 0 Å². The molecule has 24 heavy (non-hydrogen) atoms. The van der Waals surface area contributed by atoms with E-state index in [2.05, 4.69) is 11.9 Å². The molecule has 1 aliphatic heterocycles. The average Bonchev–Trinajstić information content (AvgIpc) is 2.53. The molecule has 0 radical (unpaired) electrons. The molecular formula is C18H22ClNO4. The number of ketones is 1. The molecule has 0 spiro atoms. The number of anilines is 1. The van der Waals surface area contributed by atoms with Crippen LogP contribution in [0.4, 0.5) is 5.69 Å². The Morgan fingerprint density at radius 3 is 2.83 bits per heavy atom. The molecule has 1 aromatic rings. The lowest BCUT2D eigenvalue weighted by Gasteiger charge is -2.34. The third-order valence-electron chi connectivity index (χ3n) is 4.22. The van der Waals surface area contributed by atoms with Crippen LogP contribution in [0.1, 0.15) is 37.0 Å². The second-order valence-electron chi connectivity index (χ2n) is 6.12. The second kappa shape index (κ2) is 7.81. The van der Waals surface area contributed by atoms with Crippen molar-refractivity contribution in [1.82, 2.24) is 0 Å². The molecule has 2 N–H and O–H groups in total. The molecule has 3 unspecified atom stereocenters. The van der Waals surface area contributed by atoms with Gasteiger partial charge in [0.2, 0.25) is 0 Å². The lowest BCUT2D eigenvalue weighted by atomic mass is 9.84. The van der Waals surface area contributed by atoms with Crippen molar-refractivity contribution in [1.29, 1.82) is 0 Å². The lowest BCUT2D eigenvalue weighted by Crippen LogP contribution is -2.41. The molecule has 1 aromatic carbocycles. The number of aliphatic hydroxyl groups is 1. The van der Waals surface area contributed by atoms with E-state index < -0.39 is 12.1 Å². The smallest absolute Gasteiger partial charge is 0.333 e. The molecule has 0 aliphatic carbocycles. The van der Waals surface area contributed by atoms with Gasteiger partial charge in [-0.05, 0) is 19.1 Å². The Morgan fingerprint density at radius 2 is 2.21 bits per heavy atom. The fourth-order valence-electron chi connectivity index (χ4n) is 2.78. The molecular weight excluding hydrogens is 330 g/mol. The van der Waals surface area contributed by atoms with Crippen LogP contribution >= 0.6 is 11.6 Å². The number of hydrogen-bond acceptors (Lipinski definition) is 5. The van der Waals surface area contributed by atoms with Crippen molar-refractivity contribution in [2.45, 2.75) is 38.8 Å². The summed E-state index contributed by atoms with van der Waals surface area (Å²) in [5.74, 6) is -0.785. The predicted molar refractivity (Wildman–Crippen MR) is 93.4 cm³/mol. The lowest BCUT2D eigenvalue weighted by molar-refractivity contribution is -0.145. The van der Waals surface area contributed by atoms with Crippen molar-refractivity contribution in [3.63, 3.8) is 0 Å². The van der Waals surface area contributed by atoms with Crippen LogP contribution in [0.2, 0.25) is 5.02 Å². The highest BCUT2D eigenvalue weighted by Crippen LogP contribution is 2.35. The van der Waals surface area contributed by atoms with E-state index in [1.54, 1.807) is 25.1 Å². The van der Waals surface area contributed by atoms with Gasteiger partial charge in [-0.15, -0.1) is 0 Å². The first-order valence-electron chi connectivity index (χ1n) is 7.91. The highest BCUT2D eigenvalue weighted by atomic mass is 35.5. The number of para-hydroxylation sites is 1. The van der Waals surface area contributed by atoms with Crippen LogP contribution in [-0.4, -0.2) is 35.6 Å². The third kappa shape index (κ3) is 3.97. The molecule has 2 rings (SSSR count). The Hall–Kier alpha value is -1.85. The van der Waals surface area contributed by atoms with Crippen molar-refractivity contribution >= 4 is 29.0 Å². The minimum Gasteiger partial charge on any atom is -0.459 e. The summed E-state index contributed by atoms with van der Waals surface area (Å²) in [6.45, 7) is 6.85. The van der Waals surface area contributed by atoms with Gasteiger partial charge in [0.25, 0.3) is 0 Å². The number of aliphatic hydroxyl groups excluding tert-OH is 1. The van der Waals surface area contributed by atoms with Gasteiger partial charge in [0.1, 0.15) is 6.10 Å². The van der Waals surface area contributed by atoms with Gasteiger partial charge < -0.3 is 15.2 Å². The van der Waals surface area contributed by atoms with Crippen molar-refractivity contribution in [3.8, 4) is 0 Å². The Morgan fingerprint density at radius 1 is 1.50 bits per heavy atom. The van der Waals surface area contributed by atoms with Crippen molar-refractivity contribution in [3.05, 3.63) is 40.9 Å². The number of rotatable bonds is 6. The van der Waals surface area contributed by atoms with E-state index >= 15 is 0 Å². The number of halogens is 1. The highest BCUT2D eigenvalue weighted by Gasteiger charge is 2.35. The number of hydrogen-bond donors (Lipinski definition) is 2. The summed E-state index contributed by atoms with van der Waals surface area (Å²) in [4.78, 5) is 24.3. The van der Waals surface area contributed by atoms with Crippen LogP contribution in [0, 0.1) is 5.92 Å². The van der Waals surface area contributed by atoms with E-state index in [-0.39, 0.29) is 24.3 Å². The van der Waals surface area contributed by atoms with Gasteiger partial charge in [-0.1, -0.05) is 31.2 Å². The van der Waals surface area contributed by atoms with Crippen LogP contribution < -0.4 is 5.32 Å². The van der Waals surface area contributed by atoms with Gasteiger partial charge in [-0.2, -0.15) is 0 Å². The van der Waals surface area contributed by atoms with Gasteiger partial charge in [0.15, 0.2) is 5.78 Å². The van der Waals surface area contributed by atoms with Gasteiger partial charge in [0.05, 0.1) is 10.7 Å². The Bertz CT molecular complexity index is 658. The van der Waals surface area contributed by atoms with E-state index in [1.807, 2.05) is 6.92 Å². The molecule has 6 heteroatoms. The summed E-state index contributed by atoms with van der Waals surface area (Å²) in [6.07, 6.45) is 0.195. The Balaban J connectivity index is 2.18. The summed E-state index contributed by atoms with van der Waals surface area (Å²) >= 11 is 6.19. The SMILES string of the molecule is C=C(C)C(=O)OC(CCO)CC1Nc2c(Cl)cccc2C(=O)C1C. The molecule has 130 valence electrons. The van der Waals surface area contributed by atoms with E-state index in [0.717, 1.165) is 0 Å². The van der Waals surface area contributed by atoms with E-state index in [0.29, 0.717) is 34.7 Å². The Kier molecular flexibility index (Phi) is 6.02. The molecule has 0 saturated heterocycles. The molecule has 0 aromatic heterocycles. The van der Waals surface area contributed by atoms with Gasteiger partial charge in [-0.3, -0.25) is 4.79 Å². The van der Waals surface area contributed by atoms with Crippen LogP contribution in [0.5, 0.6) is 0 Å². The number of ether oxygens (including phenoxy) is 1. The maximum atomic E-state index is 12.6. The highest BCUT2D eigenvalue weighted by molar-refractivity contribution is 6.34. The number of fused-ring (bicyclic) bond motifs is 1. The van der Waals surface area contributed by atoms with E-state index in [9.17, 15) is 14.7 Å². The molecule has 5 nitrogen and oxygen atoms in total. The van der Waals surface area contributed by atoms with Crippen LogP contribution in [0.15, 0.2) is 30.4 Å². The normalized spacial score (nSPS) is 20.8. The predicted octanol–water partition coefficient (Wildman–Crippen LogP) is 3.21. The van der Waals surface area contributed by atoms with Gasteiger partial charge >= 0.3 is 5.97 Å². The maximum Gasteiger partial charge on any atom is 0.333 e. The second-order valence-corrected chi connectivity index (χ2v) is 6.53. The fraction of sp³-hybridized carbons (Fsp3) is 0.444. The first-order chi connectivity index (χ1) is 11.3. The van der Waals surface area contributed by atoms with Crippen LogP contribution in [0.25, 0.3) is 0 Å². The summed E-state index contributed by atoms with van der Waals surface area (Å²) in [5.41, 5.74) is 1.48. The number of Topliss-reactive ketones (excluding diaryl/α,β-unsaturated/α-hetero) is 1. The average molecular weight is 352 g/mol. The zero-order valence-corrected chi connectivity index (χ0v) is 14.6. The molecule has 0 amide bonds. The van der Waals surface area contributed by atoms with Gasteiger partial charge in [-0.25, -0.2) is 4.79 Å². The van der Waals surface area contributed by atoms with Crippen molar-refractivity contribution in [2.75, 3.05) is 11.9 Å². The summed E-state index contributed by atoms with van der Waals surface area (Å²) < 4.78 is 5.37. The minimum absolute atomic E-state index is 0.00484. The molecule has 0 fully saturated rings. The quantitative estimate of drug-likeness (QED) is 0.608. The maximum absolute atomic E-state index is 12.6. The largest absolute Gasteiger partial charge is 0.459 e. The molecule has 1 aliphatic rings. The van der Waals surface area contributed by atoms with Crippen molar-refractivity contribution in [2.24, 2.45) is 5.92 Å². The fourth-order valence-corrected chi connectivity index (χ4v) is 3.01. The number of nitrogens with one attached hydrogen (secondary N) is 1. The zero-order valence-electron chi connectivity index (χ0n) is 13.8. The van der Waals surface area contributed by atoms with Crippen LogP contribution in [-0.2, 0) is 9.53 Å². The van der Waals surface area contributed by atoms with Gasteiger partial charge in [0, 0.05) is 42.5 Å². The zero-order chi connectivity index (χ0) is 17.9. The number of carbonyl (C=O) groups is 2. The molecule has 1 heterocycles. The molecule has 0 saturated carbocycles.